The molecule has 3 rings (SSSR count). The van der Waals surface area contributed by atoms with Gasteiger partial charge in [-0.25, -0.2) is 0 Å². The van der Waals surface area contributed by atoms with Gasteiger partial charge in [-0.3, -0.25) is 9.59 Å². The van der Waals surface area contributed by atoms with Gasteiger partial charge in [0.25, 0.3) is 5.91 Å². The van der Waals surface area contributed by atoms with E-state index in [9.17, 15) is 14.7 Å². The molecule has 2 aliphatic heterocycles. The molecular weight excluding hydrogens is 300 g/mol. The molecule has 1 aromatic rings. The summed E-state index contributed by atoms with van der Waals surface area (Å²) in [7, 11) is 3.48. The second-order valence-electron chi connectivity index (χ2n) is 6.57. The highest BCUT2D eigenvalue weighted by molar-refractivity contribution is 5.92. The molecule has 7 heteroatoms. The maximum absolute atomic E-state index is 12.6. The van der Waals surface area contributed by atoms with E-state index in [0.717, 1.165) is 13.0 Å². The first kappa shape index (κ1) is 16.0. The summed E-state index contributed by atoms with van der Waals surface area (Å²) < 4.78 is 10.5. The van der Waals surface area contributed by atoms with Crippen LogP contribution in [-0.4, -0.2) is 67.1 Å². The van der Waals surface area contributed by atoms with Crippen molar-refractivity contribution in [3.63, 3.8) is 0 Å². The van der Waals surface area contributed by atoms with E-state index in [0.29, 0.717) is 25.5 Å². The number of aliphatic carboxylic acids is 1. The summed E-state index contributed by atoms with van der Waals surface area (Å²) in [6, 6.07) is 3.33. The molecule has 23 heavy (non-hydrogen) atoms. The van der Waals surface area contributed by atoms with Crippen molar-refractivity contribution in [1.82, 2.24) is 9.80 Å². The van der Waals surface area contributed by atoms with Crippen LogP contribution >= 0.6 is 0 Å². The molecule has 2 saturated heterocycles. The number of methoxy groups -OCH3 is 1. The number of nitrogens with zero attached hydrogens (tertiary/aromatic N) is 2. The molecule has 0 aliphatic carbocycles. The zero-order valence-electron chi connectivity index (χ0n) is 13.4. The minimum Gasteiger partial charge on any atom is -0.481 e. The Hall–Kier alpha value is -1.86. The van der Waals surface area contributed by atoms with Gasteiger partial charge in [-0.15, -0.1) is 0 Å². The SMILES string of the molecule is COCc1ccc(C(=O)N2C[C@@H]3CCN(C)C[C@]3(C(=O)O)C2)o1. The number of hydrogen-bond donors (Lipinski definition) is 1. The van der Waals surface area contributed by atoms with Crippen LogP contribution in [0.4, 0.5) is 0 Å². The van der Waals surface area contributed by atoms with Gasteiger partial charge in [0.05, 0.1) is 0 Å². The Morgan fingerprint density at radius 1 is 1.43 bits per heavy atom. The Balaban J connectivity index is 1.79. The maximum Gasteiger partial charge on any atom is 0.313 e. The average molecular weight is 322 g/mol. The number of fused-ring (bicyclic) bond motifs is 1. The van der Waals surface area contributed by atoms with Gasteiger partial charge in [-0.2, -0.15) is 0 Å². The highest BCUT2D eigenvalue weighted by atomic mass is 16.5. The number of likely N-dealkylation sites (tertiary alicyclic amines) is 2. The van der Waals surface area contributed by atoms with Crippen LogP contribution in [0.25, 0.3) is 0 Å². The van der Waals surface area contributed by atoms with Gasteiger partial charge in [-0.05, 0) is 38.1 Å². The number of carboxylic acids is 1. The summed E-state index contributed by atoms with van der Waals surface area (Å²) in [4.78, 5) is 28.2. The van der Waals surface area contributed by atoms with Gasteiger partial charge < -0.3 is 24.1 Å². The molecule has 0 aromatic carbocycles. The topological polar surface area (TPSA) is 83.2 Å². The first-order chi connectivity index (χ1) is 11.0. The Kier molecular flexibility index (Phi) is 4.16. The van der Waals surface area contributed by atoms with Crippen LogP contribution in [0.5, 0.6) is 0 Å². The van der Waals surface area contributed by atoms with Crippen molar-refractivity contribution in [3.05, 3.63) is 23.7 Å². The van der Waals surface area contributed by atoms with Crippen LogP contribution < -0.4 is 0 Å². The van der Waals surface area contributed by atoms with Crippen molar-refractivity contribution >= 4 is 11.9 Å². The number of carbonyl (C=O) groups excluding carboxylic acids is 1. The lowest BCUT2D eigenvalue weighted by Crippen LogP contribution is -2.52. The Bertz CT molecular complexity index is 613. The molecule has 7 nitrogen and oxygen atoms in total. The Labute approximate surface area is 134 Å². The molecule has 126 valence electrons. The molecule has 0 spiro atoms. The second-order valence-corrected chi connectivity index (χ2v) is 6.57. The third-order valence-corrected chi connectivity index (χ3v) is 4.98. The highest BCUT2D eigenvalue weighted by Gasteiger charge is 2.55. The van der Waals surface area contributed by atoms with Crippen molar-refractivity contribution < 1.29 is 23.8 Å². The first-order valence-corrected chi connectivity index (χ1v) is 7.75. The van der Waals surface area contributed by atoms with E-state index in [1.54, 1.807) is 24.1 Å². The number of hydrogen-bond acceptors (Lipinski definition) is 5. The molecular formula is C16H22N2O5. The zero-order chi connectivity index (χ0) is 16.6. The third kappa shape index (κ3) is 2.74. The minimum absolute atomic E-state index is 0.00597. The van der Waals surface area contributed by atoms with E-state index in [1.807, 2.05) is 11.9 Å². The van der Waals surface area contributed by atoms with Crippen molar-refractivity contribution in [2.75, 3.05) is 40.3 Å². The molecule has 3 heterocycles. The normalized spacial score (nSPS) is 27.9. The fraction of sp³-hybridized carbons (Fsp3) is 0.625. The lowest BCUT2D eigenvalue weighted by atomic mass is 9.73. The predicted molar refractivity (Wildman–Crippen MR) is 81.0 cm³/mol. The smallest absolute Gasteiger partial charge is 0.313 e. The van der Waals surface area contributed by atoms with Crippen LogP contribution in [0, 0.1) is 11.3 Å². The third-order valence-electron chi connectivity index (χ3n) is 4.98. The molecule has 0 bridgehead atoms. The largest absolute Gasteiger partial charge is 0.481 e. The lowest BCUT2D eigenvalue weighted by molar-refractivity contribution is -0.153. The molecule has 2 atom stereocenters. The molecule has 0 unspecified atom stereocenters. The fourth-order valence-electron chi connectivity index (χ4n) is 3.79. The summed E-state index contributed by atoms with van der Waals surface area (Å²) in [5, 5.41) is 9.76. The van der Waals surface area contributed by atoms with Crippen LogP contribution in [0.3, 0.4) is 0 Å². The summed E-state index contributed by atoms with van der Waals surface area (Å²) in [6.45, 7) is 2.35. The van der Waals surface area contributed by atoms with Gasteiger partial charge in [0.2, 0.25) is 0 Å². The molecule has 2 fully saturated rings. The minimum atomic E-state index is -0.870. The quantitative estimate of drug-likeness (QED) is 0.887. The van der Waals surface area contributed by atoms with Gasteiger partial charge in [0.1, 0.15) is 17.8 Å². The number of carbonyl (C=O) groups is 2. The standard InChI is InChI=1S/C16H22N2O5/c1-17-6-5-11-7-18(10-16(11,9-17)15(20)21)14(19)13-4-3-12(23-13)8-22-2/h3-4,11H,5-10H2,1-2H3,(H,20,21)/t11-,16-/m0/s1. The van der Waals surface area contributed by atoms with E-state index in [-0.39, 0.29) is 24.1 Å². The van der Waals surface area contributed by atoms with E-state index < -0.39 is 11.4 Å². The van der Waals surface area contributed by atoms with E-state index >= 15 is 0 Å². The van der Waals surface area contributed by atoms with Gasteiger partial charge in [-0.1, -0.05) is 0 Å². The highest BCUT2D eigenvalue weighted by Crippen LogP contribution is 2.42. The second kappa shape index (κ2) is 5.98. The van der Waals surface area contributed by atoms with Crippen LogP contribution in [0.2, 0.25) is 0 Å². The summed E-state index contributed by atoms with van der Waals surface area (Å²) in [5.74, 6) is -0.243. The van der Waals surface area contributed by atoms with Gasteiger partial charge >= 0.3 is 5.97 Å². The average Bonchev–Trinajstić information content (AvgIpc) is 3.11. The number of ether oxygens (including phenoxy) is 1. The Morgan fingerprint density at radius 2 is 2.22 bits per heavy atom. The Morgan fingerprint density at radius 3 is 2.91 bits per heavy atom. The summed E-state index contributed by atoms with van der Waals surface area (Å²) in [5.41, 5.74) is -0.870. The number of carboxylic acid groups (broad SMARTS) is 1. The molecule has 0 saturated carbocycles. The predicted octanol–water partition coefficient (Wildman–Crippen LogP) is 0.905. The van der Waals surface area contributed by atoms with E-state index in [4.69, 9.17) is 9.15 Å². The van der Waals surface area contributed by atoms with Crippen molar-refractivity contribution in [2.45, 2.75) is 13.0 Å². The summed E-state index contributed by atoms with van der Waals surface area (Å²) >= 11 is 0. The van der Waals surface area contributed by atoms with Gasteiger partial charge in [0.15, 0.2) is 5.76 Å². The molecule has 1 aromatic heterocycles. The maximum atomic E-state index is 12.6. The first-order valence-electron chi connectivity index (χ1n) is 7.75. The van der Waals surface area contributed by atoms with E-state index in [2.05, 4.69) is 0 Å². The fourth-order valence-corrected chi connectivity index (χ4v) is 3.79. The van der Waals surface area contributed by atoms with E-state index in [1.165, 1.54) is 0 Å². The number of amides is 1. The van der Waals surface area contributed by atoms with Gasteiger partial charge in [0, 0.05) is 26.7 Å². The van der Waals surface area contributed by atoms with Crippen molar-refractivity contribution in [3.8, 4) is 0 Å². The van der Waals surface area contributed by atoms with Crippen LogP contribution in [0.15, 0.2) is 16.5 Å². The zero-order valence-corrected chi connectivity index (χ0v) is 13.4. The number of furan rings is 1. The lowest BCUT2D eigenvalue weighted by Gasteiger charge is -2.39. The summed E-state index contributed by atoms with van der Waals surface area (Å²) in [6.07, 6.45) is 0.791. The van der Waals surface area contributed by atoms with Crippen molar-refractivity contribution in [1.29, 1.82) is 0 Å². The van der Waals surface area contributed by atoms with Crippen LogP contribution in [0.1, 0.15) is 22.7 Å². The van der Waals surface area contributed by atoms with Crippen molar-refractivity contribution in [2.24, 2.45) is 11.3 Å². The monoisotopic (exact) mass is 322 g/mol. The molecule has 0 radical (unpaired) electrons. The molecule has 1 N–H and O–H groups in total. The van der Waals surface area contributed by atoms with Crippen LogP contribution in [-0.2, 0) is 16.1 Å². The number of rotatable bonds is 4. The number of piperidine rings is 1. The molecule has 1 amide bonds. The molecule has 2 aliphatic rings.